The van der Waals surface area contributed by atoms with Crippen LogP contribution in [0.15, 0.2) is 5.38 Å². The van der Waals surface area contributed by atoms with Gasteiger partial charge in [-0.15, -0.1) is 11.3 Å². The highest BCUT2D eigenvalue weighted by Gasteiger charge is 2.25. The lowest BCUT2D eigenvalue weighted by Gasteiger charge is -2.38. The molecule has 18 heavy (non-hydrogen) atoms. The predicted octanol–water partition coefficient (Wildman–Crippen LogP) is 1.51. The number of hydrazine groups is 1. The number of nitrogens with two attached hydrogens (primary N) is 1. The van der Waals surface area contributed by atoms with Crippen LogP contribution in [0.2, 0.25) is 0 Å². The first-order valence-corrected chi connectivity index (χ1v) is 7.21. The van der Waals surface area contributed by atoms with Crippen molar-refractivity contribution in [2.24, 2.45) is 5.84 Å². The van der Waals surface area contributed by atoms with E-state index < -0.39 is 0 Å². The van der Waals surface area contributed by atoms with Crippen molar-refractivity contribution in [2.75, 3.05) is 0 Å². The van der Waals surface area contributed by atoms with E-state index >= 15 is 0 Å². The maximum Gasteiger partial charge on any atom is 0.294 e. The molecule has 1 aromatic rings. The summed E-state index contributed by atoms with van der Waals surface area (Å²) in [6, 6.07) is 1.17. The number of nitrogens with one attached hydrogen (secondary N) is 1. The molecule has 0 aliphatic carbocycles. The standard InChI is InChI=1S/C12H20N4OS/c1-8-4-3-5-9(2)16(8)6-10-7-18-12(14-10)11(17)15-13/h7-9H,3-6,13H2,1-2H3,(H,15,17). The van der Waals surface area contributed by atoms with Crippen LogP contribution >= 0.6 is 11.3 Å². The molecule has 0 bridgehead atoms. The summed E-state index contributed by atoms with van der Waals surface area (Å²) in [5, 5.41) is 2.38. The predicted molar refractivity (Wildman–Crippen MR) is 72.1 cm³/mol. The minimum Gasteiger partial charge on any atom is -0.292 e. The van der Waals surface area contributed by atoms with Gasteiger partial charge in [-0.1, -0.05) is 6.42 Å². The van der Waals surface area contributed by atoms with Crippen molar-refractivity contribution in [1.82, 2.24) is 15.3 Å². The number of rotatable bonds is 3. The zero-order chi connectivity index (χ0) is 13.1. The van der Waals surface area contributed by atoms with Crippen molar-refractivity contribution in [2.45, 2.75) is 51.7 Å². The summed E-state index contributed by atoms with van der Waals surface area (Å²) in [5.41, 5.74) is 3.07. The van der Waals surface area contributed by atoms with Gasteiger partial charge in [0.25, 0.3) is 5.91 Å². The van der Waals surface area contributed by atoms with Crippen LogP contribution in [0.25, 0.3) is 0 Å². The van der Waals surface area contributed by atoms with Crippen molar-refractivity contribution in [1.29, 1.82) is 0 Å². The van der Waals surface area contributed by atoms with Gasteiger partial charge in [-0.2, -0.15) is 0 Å². The summed E-state index contributed by atoms with van der Waals surface area (Å²) in [6.07, 6.45) is 3.78. The first-order valence-electron chi connectivity index (χ1n) is 6.33. The summed E-state index contributed by atoms with van der Waals surface area (Å²) in [4.78, 5) is 18.1. The molecule has 1 aliphatic rings. The number of piperidine rings is 1. The average molecular weight is 268 g/mol. The van der Waals surface area contributed by atoms with Crippen LogP contribution in [-0.2, 0) is 6.54 Å². The molecule has 2 atom stereocenters. The number of amides is 1. The molecule has 2 heterocycles. The van der Waals surface area contributed by atoms with Crippen molar-refractivity contribution in [3.63, 3.8) is 0 Å². The lowest BCUT2D eigenvalue weighted by Crippen LogP contribution is -2.43. The van der Waals surface area contributed by atoms with Crippen LogP contribution in [-0.4, -0.2) is 27.9 Å². The Labute approximate surface area is 111 Å². The fraction of sp³-hybridized carbons (Fsp3) is 0.667. The van der Waals surface area contributed by atoms with Gasteiger partial charge in [0, 0.05) is 24.0 Å². The number of aromatic nitrogens is 1. The Morgan fingerprint density at radius 3 is 2.83 bits per heavy atom. The lowest BCUT2D eigenvalue weighted by molar-refractivity contribution is 0.0929. The fourth-order valence-corrected chi connectivity index (χ4v) is 3.23. The van der Waals surface area contributed by atoms with E-state index in [1.165, 1.54) is 30.6 Å². The number of hydrogen-bond donors (Lipinski definition) is 2. The summed E-state index contributed by atoms with van der Waals surface area (Å²) in [5.74, 6) is 4.78. The lowest BCUT2D eigenvalue weighted by atomic mass is 9.97. The fourth-order valence-electron chi connectivity index (χ4n) is 2.52. The number of thiazole rings is 1. The smallest absolute Gasteiger partial charge is 0.292 e. The number of nitrogen functional groups attached to an aromatic ring is 1. The van der Waals surface area contributed by atoms with Gasteiger partial charge in [-0.3, -0.25) is 15.1 Å². The molecule has 0 radical (unpaired) electrons. The Bertz CT molecular complexity index is 410. The first kappa shape index (κ1) is 13.5. The maximum atomic E-state index is 11.3. The molecule has 1 aromatic heterocycles. The van der Waals surface area contributed by atoms with E-state index in [1.807, 2.05) is 5.38 Å². The zero-order valence-electron chi connectivity index (χ0n) is 10.8. The van der Waals surface area contributed by atoms with Crippen molar-refractivity contribution < 1.29 is 4.79 Å². The van der Waals surface area contributed by atoms with E-state index in [9.17, 15) is 4.79 Å². The topological polar surface area (TPSA) is 71.2 Å². The summed E-state index contributed by atoms with van der Waals surface area (Å²) >= 11 is 1.34. The number of nitrogens with zero attached hydrogens (tertiary/aromatic N) is 2. The number of likely N-dealkylation sites (tertiary alicyclic amines) is 1. The van der Waals surface area contributed by atoms with Crippen LogP contribution in [0.3, 0.4) is 0 Å². The summed E-state index contributed by atoms with van der Waals surface area (Å²) in [6.45, 7) is 5.34. The van der Waals surface area contributed by atoms with E-state index in [0.717, 1.165) is 12.2 Å². The molecular weight excluding hydrogens is 248 g/mol. The molecule has 0 aromatic carbocycles. The number of carbonyl (C=O) groups excluding carboxylic acids is 1. The molecule has 1 amide bonds. The third-order valence-corrected chi connectivity index (χ3v) is 4.49. The molecule has 1 aliphatic heterocycles. The van der Waals surface area contributed by atoms with Crippen molar-refractivity contribution in [3.8, 4) is 0 Å². The maximum absolute atomic E-state index is 11.3. The molecule has 0 spiro atoms. The van der Waals surface area contributed by atoms with Gasteiger partial charge >= 0.3 is 0 Å². The number of carbonyl (C=O) groups is 1. The van der Waals surface area contributed by atoms with Gasteiger partial charge in [-0.25, -0.2) is 10.8 Å². The van der Waals surface area contributed by atoms with Gasteiger partial charge in [-0.05, 0) is 26.7 Å². The van der Waals surface area contributed by atoms with Crippen LogP contribution in [0.5, 0.6) is 0 Å². The molecule has 6 heteroatoms. The second-order valence-corrected chi connectivity index (χ2v) is 5.78. The highest BCUT2D eigenvalue weighted by molar-refractivity contribution is 7.11. The van der Waals surface area contributed by atoms with E-state index in [1.54, 1.807) is 0 Å². The van der Waals surface area contributed by atoms with Crippen LogP contribution in [0, 0.1) is 0 Å². The van der Waals surface area contributed by atoms with E-state index in [2.05, 4.69) is 29.2 Å². The van der Waals surface area contributed by atoms with Crippen molar-refractivity contribution in [3.05, 3.63) is 16.1 Å². The van der Waals surface area contributed by atoms with Gasteiger partial charge < -0.3 is 0 Å². The van der Waals surface area contributed by atoms with E-state index in [-0.39, 0.29) is 5.91 Å². The van der Waals surface area contributed by atoms with Gasteiger partial charge in [0.2, 0.25) is 0 Å². The molecule has 1 saturated heterocycles. The zero-order valence-corrected chi connectivity index (χ0v) is 11.7. The molecule has 2 rings (SSSR count). The van der Waals surface area contributed by atoms with E-state index in [4.69, 9.17) is 5.84 Å². The second kappa shape index (κ2) is 5.77. The minimum atomic E-state index is -0.314. The Kier molecular flexibility index (Phi) is 4.31. The quantitative estimate of drug-likeness (QED) is 0.495. The van der Waals surface area contributed by atoms with Crippen LogP contribution in [0.1, 0.15) is 48.6 Å². The average Bonchev–Trinajstić information content (AvgIpc) is 2.81. The monoisotopic (exact) mass is 268 g/mol. The molecular formula is C12H20N4OS. The first-order chi connectivity index (χ1) is 8.61. The molecule has 1 fully saturated rings. The molecule has 2 unspecified atom stereocenters. The van der Waals surface area contributed by atoms with E-state index in [0.29, 0.717) is 17.1 Å². The minimum absolute atomic E-state index is 0.314. The second-order valence-electron chi connectivity index (χ2n) is 4.92. The third-order valence-electron chi connectivity index (χ3n) is 3.60. The Hall–Kier alpha value is -0.980. The Morgan fingerprint density at radius 1 is 1.56 bits per heavy atom. The van der Waals surface area contributed by atoms with Crippen LogP contribution in [0.4, 0.5) is 0 Å². The summed E-state index contributed by atoms with van der Waals surface area (Å²) < 4.78 is 0. The molecule has 3 N–H and O–H groups in total. The van der Waals surface area contributed by atoms with Gasteiger partial charge in [0.1, 0.15) is 0 Å². The molecule has 0 saturated carbocycles. The van der Waals surface area contributed by atoms with Gasteiger partial charge in [0.05, 0.1) is 5.69 Å². The Morgan fingerprint density at radius 2 is 2.22 bits per heavy atom. The Balaban J connectivity index is 2.04. The highest BCUT2D eigenvalue weighted by atomic mass is 32.1. The van der Waals surface area contributed by atoms with Gasteiger partial charge in [0.15, 0.2) is 5.01 Å². The normalized spacial score (nSPS) is 25.1. The SMILES string of the molecule is CC1CCCC(C)N1Cc1csc(C(=O)NN)n1. The van der Waals surface area contributed by atoms with Crippen LogP contribution < -0.4 is 11.3 Å². The third kappa shape index (κ3) is 2.88. The highest BCUT2D eigenvalue weighted by Crippen LogP contribution is 2.24. The largest absolute Gasteiger partial charge is 0.294 e. The molecule has 100 valence electrons. The summed E-state index contributed by atoms with van der Waals surface area (Å²) in [7, 11) is 0. The number of hydrogen-bond acceptors (Lipinski definition) is 5. The molecule has 5 nitrogen and oxygen atoms in total. The van der Waals surface area contributed by atoms with Crippen molar-refractivity contribution >= 4 is 17.2 Å².